The molecule has 0 atom stereocenters. The molecule has 0 heterocycles. The fourth-order valence-corrected chi connectivity index (χ4v) is 2.75. The Morgan fingerprint density at radius 2 is 1.63 bits per heavy atom. The highest BCUT2D eigenvalue weighted by Crippen LogP contribution is 2.33. The lowest BCUT2D eigenvalue weighted by Gasteiger charge is -2.12. The van der Waals surface area contributed by atoms with E-state index >= 15 is 0 Å². The van der Waals surface area contributed by atoms with Crippen molar-refractivity contribution in [1.29, 1.82) is 0 Å². The van der Waals surface area contributed by atoms with Gasteiger partial charge in [0.25, 0.3) is 5.91 Å². The minimum absolute atomic E-state index is 0.161. The quantitative estimate of drug-likeness (QED) is 0.621. The molecule has 2 rings (SSSR count). The van der Waals surface area contributed by atoms with Gasteiger partial charge in [-0.3, -0.25) is 9.59 Å². The number of methoxy groups -OCH3 is 1. The molecule has 8 heteroatoms. The van der Waals surface area contributed by atoms with Crippen LogP contribution in [0.15, 0.2) is 42.5 Å². The molecule has 0 radical (unpaired) electrons. The molecular formula is C19H20Cl2N2O4. The first kappa shape index (κ1) is 20.9. The Morgan fingerprint density at radius 1 is 0.963 bits per heavy atom. The molecule has 6 nitrogen and oxygen atoms in total. The average Bonchev–Trinajstić information content (AvgIpc) is 2.67. The van der Waals surface area contributed by atoms with Crippen LogP contribution in [-0.2, 0) is 4.79 Å². The predicted octanol–water partition coefficient (Wildman–Crippen LogP) is 3.32. The number of hydrogen-bond acceptors (Lipinski definition) is 4. The summed E-state index contributed by atoms with van der Waals surface area (Å²) in [4.78, 5) is 24.1. The molecule has 2 aromatic rings. The van der Waals surface area contributed by atoms with Crippen molar-refractivity contribution in [3.8, 4) is 11.5 Å². The van der Waals surface area contributed by atoms with E-state index in [-0.39, 0.29) is 48.4 Å². The number of ether oxygens (including phenoxy) is 2. The molecule has 0 bridgehead atoms. The number of amides is 2. The summed E-state index contributed by atoms with van der Waals surface area (Å²) in [6.07, 6.45) is 0.219. The highest BCUT2D eigenvalue weighted by atomic mass is 35.5. The van der Waals surface area contributed by atoms with Gasteiger partial charge in [0.15, 0.2) is 5.75 Å². The standard InChI is InChI=1S/C19H20Cl2N2O4/c1-26-18-15(21)8-7-14(20)17(18)19(25)23-11-10-22-16(24)9-12-27-13-5-3-2-4-6-13/h2-8H,9-12H2,1H3,(H,22,24)(H,23,25). The monoisotopic (exact) mass is 410 g/mol. The molecule has 0 aliphatic rings. The summed E-state index contributed by atoms with van der Waals surface area (Å²) in [6, 6.07) is 12.3. The zero-order valence-corrected chi connectivity index (χ0v) is 16.3. The van der Waals surface area contributed by atoms with E-state index in [1.54, 1.807) is 6.07 Å². The van der Waals surface area contributed by atoms with Gasteiger partial charge in [0, 0.05) is 13.1 Å². The van der Waals surface area contributed by atoms with Crippen molar-refractivity contribution in [2.75, 3.05) is 26.8 Å². The van der Waals surface area contributed by atoms with Crippen LogP contribution in [0.3, 0.4) is 0 Å². The molecule has 0 saturated carbocycles. The van der Waals surface area contributed by atoms with E-state index < -0.39 is 5.91 Å². The molecule has 0 aliphatic carbocycles. The second kappa shape index (κ2) is 10.6. The third kappa shape index (κ3) is 6.34. The summed E-state index contributed by atoms with van der Waals surface area (Å²) in [5.41, 5.74) is 0.161. The van der Waals surface area contributed by atoms with Gasteiger partial charge in [-0.05, 0) is 24.3 Å². The molecule has 2 amide bonds. The Morgan fingerprint density at radius 3 is 2.33 bits per heavy atom. The Bertz CT molecular complexity index is 785. The molecule has 0 aliphatic heterocycles. The molecule has 144 valence electrons. The number of nitrogens with one attached hydrogen (secondary N) is 2. The topological polar surface area (TPSA) is 76.7 Å². The minimum Gasteiger partial charge on any atom is -0.494 e. The van der Waals surface area contributed by atoms with Gasteiger partial charge >= 0.3 is 0 Å². The lowest BCUT2D eigenvalue weighted by molar-refractivity contribution is -0.121. The van der Waals surface area contributed by atoms with Crippen LogP contribution in [0.5, 0.6) is 11.5 Å². The summed E-state index contributed by atoms with van der Waals surface area (Å²) >= 11 is 12.1. The van der Waals surface area contributed by atoms with Crippen LogP contribution in [0.1, 0.15) is 16.8 Å². The fraction of sp³-hybridized carbons (Fsp3) is 0.263. The Kier molecular flexibility index (Phi) is 8.23. The highest BCUT2D eigenvalue weighted by molar-refractivity contribution is 6.37. The number of rotatable bonds is 9. The second-order valence-corrected chi connectivity index (χ2v) is 6.27. The van der Waals surface area contributed by atoms with E-state index in [4.69, 9.17) is 32.7 Å². The van der Waals surface area contributed by atoms with Gasteiger partial charge < -0.3 is 20.1 Å². The third-order valence-corrected chi connectivity index (χ3v) is 4.18. The van der Waals surface area contributed by atoms with Crippen LogP contribution in [-0.4, -0.2) is 38.6 Å². The molecule has 0 aromatic heterocycles. The highest BCUT2D eigenvalue weighted by Gasteiger charge is 2.19. The van der Waals surface area contributed by atoms with Gasteiger partial charge in [-0.25, -0.2) is 0 Å². The Balaban J connectivity index is 1.71. The van der Waals surface area contributed by atoms with E-state index in [1.165, 1.54) is 13.2 Å². The first-order chi connectivity index (χ1) is 13.0. The molecule has 0 saturated heterocycles. The van der Waals surface area contributed by atoms with Gasteiger partial charge in [-0.2, -0.15) is 0 Å². The van der Waals surface area contributed by atoms with Crippen LogP contribution < -0.4 is 20.1 Å². The predicted molar refractivity (Wildman–Crippen MR) is 105 cm³/mol. The SMILES string of the molecule is COc1c(Cl)ccc(Cl)c1C(=O)NCCNC(=O)CCOc1ccccc1. The summed E-state index contributed by atoms with van der Waals surface area (Å²) in [5.74, 6) is 0.327. The zero-order valence-electron chi connectivity index (χ0n) is 14.8. The summed E-state index contributed by atoms with van der Waals surface area (Å²) in [5, 5.41) is 5.90. The van der Waals surface area contributed by atoms with E-state index in [2.05, 4.69) is 10.6 Å². The van der Waals surface area contributed by atoms with Crippen molar-refractivity contribution in [3.63, 3.8) is 0 Å². The number of carbonyl (C=O) groups excluding carboxylic acids is 2. The van der Waals surface area contributed by atoms with Crippen LogP contribution in [0.2, 0.25) is 10.0 Å². The fourth-order valence-electron chi connectivity index (χ4n) is 2.28. The smallest absolute Gasteiger partial charge is 0.256 e. The summed E-state index contributed by atoms with van der Waals surface area (Å²) in [7, 11) is 1.41. The largest absolute Gasteiger partial charge is 0.494 e. The van der Waals surface area contributed by atoms with Gasteiger partial charge in [0.2, 0.25) is 5.91 Å². The van der Waals surface area contributed by atoms with Gasteiger partial charge in [-0.15, -0.1) is 0 Å². The Labute approximate surface area is 167 Å². The van der Waals surface area contributed by atoms with Crippen molar-refractivity contribution in [2.45, 2.75) is 6.42 Å². The van der Waals surface area contributed by atoms with Crippen molar-refractivity contribution in [2.24, 2.45) is 0 Å². The van der Waals surface area contributed by atoms with Crippen molar-refractivity contribution < 1.29 is 19.1 Å². The van der Waals surface area contributed by atoms with Gasteiger partial charge in [0.05, 0.1) is 30.2 Å². The molecule has 0 fully saturated rings. The third-order valence-electron chi connectivity index (χ3n) is 3.56. The van der Waals surface area contributed by atoms with Crippen molar-refractivity contribution in [3.05, 3.63) is 58.1 Å². The number of para-hydroxylation sites is 1. The van der Waals surface area contributed by atoms with Crippen LogP contribution >= 0.6 is 23.2 Å². The minimum atomic E-state index is -0.430. The van der Waals surface area contributed by atoms with E-state index in [0.717, 1.165) is 0 Å². The van der Waals surface area contributed by atoms with Crippen LogP contribution in [0, 0.1) is 0 Å². The molecular weight excluding hydrogens is 391 g/mol. The number of hydrogen-bond donors (Lipinski definition) is 2. The van der Waals surface area contributed by atoms with E-state index in [1.807, 2.05) is 30.3 Å². The molecule has 2 aromatic carbocycles. The first-order valence-electron chi connectivity index (χ1n) is 8.27. The van der Waals surface area contributed by atoms with Crippen LogP contribution in [0.4, 0.5) is 0 Å². The number of carbonyl (C=O) groups is 2. The summed E-state index contributed by atoms with van der Waals surface area (Å²) < 4.78 is 10.6. The lowest BCUT2D eigenvalue weighted by Crippen LogP contribution is -2.35. The average molecular weight is 411 g/mol. The van der Waals surface area contributed by atoms with Crippen molar-refractivity contribution >= 4 is 35.0 Å². The zero-order chi connectivity index (χ0) is 19.6. The maximum absolute atomic E-state index is 12.3. The maximum Gasteiger partial charge on any atom is 0.256 e. The van der Waals surface area contributed by atoms with Crippen LogP contribution in [0.25, 0.3) is 0 Å². The van der Waals surface area contributed by atoms with E-state index in [0.29, 0.717) is 10.8 Å². The molecule has 27 heavy (non-hydrogen) atoms. The second-order valence-electron chi connectivity index (χ2n) is 5.45. The molecule has 2 N–H and O–H groups in total. The normalized spacial score (nSPS) is 10.2. The van der Waals surface area contributed by atoms with Gasteiger partial charge in [0.1, 0.15) is 11.3 Å². The number of benzene rings is 2. The molecule has 0 spiro atoms. The first-order valence-corrected chi connectivity index (χ1v) is 9.03. The van der Waals surface area contributed by atoms with Crippen molar-refractivity contribution in [1.82, 2.24) is 10.6 Å². The number of halogens is 2. The lowest BCUT2D eigenvalue weighted by atomic mass is 10.2. The summed E-state index contributed by atoms with van der Waals surface area (Å²) in [6.45, 7) is 0.782. The molecule has 0 unspecified atom stereocenters. The Hall–Kier alpha value is -2.44. The maximum atomic E-state index is 12.3. The van der Waals surface area contributed by atoms with Gasteiger partial charge in [-0.1, -0.05) is 41.4 Å². The van der Waals surface area contributed by atoms with E-state index in [9.17, 15) is 9.59 Å².